The second-order valence-corrected chi connectivity index (χ2v) is 17.8. The molecule has 0 N–H and O–H groups in total. The normalized spacial score (nSPS) is 11.5. The third-order valence-corrected chi connectivity index (χ3v) is 14.1. The number of thiophene rings is 2. The molecule has 5 heteroatoms. The summed E-state index contributed by atoms with van der Waals surface area (Å²) in [6, 6.07) is 73.9. The van der Waals surface area contributed by atoms with Crippen LogP contribution in [-0.2, 0) is 0 Å². The van der Waals surface area contributed by atoms with E-state index in [9.17, 15) is 0 Å². The van der Waals surface area contributed by atoms with Crippen molar-refractivity contribution < 1.29 is 0 Å². The van der Waals surface area contributed by atoms with E-state index in [4.69, 9.17) is 9.97 Å². The Morgan fingerprint density at radius 2 is 0.710 bits per heavy atom. The topological polar surface area (TPSA) is 38.7 Å². The first-order chi connectivity index (χ1) is 30.7. The van der Waals surface area contributed by atoms with E-state index in [1.807, 2.05) is 53.1 Å². The van der Waals surface area contributed by atoms with Crippen LogP contribution < -0.4 is 0 Å². The Balaban J connectivity index is 1.00. The zero-order valence-corrected chi connectivity index (χ0v) is 35.0. The van der Waals surface area contributed by atoms with Crippen LogP contribution >= 0.6 is 22.7 Å². The summed E-state index contributed by atoms with van der Waals surface area (Å²) in [4.78, 5) is 15.1. The van der Waals surface area contributed by atoms with E-state index in [1.54, 1.807) is 0 Å². The lowest BCUT2D eigenvalue weighted by Crippen LogP contribution is -1.96. The first-order valence-electron chi connectivity index (χ1n) is 20.7. The third-order valence-electron chi connectivity index (χ3n) is 11.8. The minimum absolute atomic E-state index is 0.683. The average Bonchev–Trinajstić information content (AvgIpc) is 3.92. The number of hydrogen-bond acceptors (Lipinski definition) is 5. The Bertz CT molecular complexity index is 3480. The molecule has 0 bridgehead atoms. The van der Waals surface area contributed by atoms with Gasteiger partial charge in [-0.15, -0.1) is 22.7 Å². The third kappa shape index (κ3) is 6.65. The highest BCUT2D eigenvalue weighted by Crippen LogP contribution is 2.41. The molecule has 0 spiro atoms. The van der Waals surface area contributed by atoms with Gasteiger partial charge < -0.3 is 0 Å². The molecule has 0 fully saturated rings. The van der Waals surface area contributed by atoms with Crippen LogP contribution in [0, 0.1) is 0 Å². The van der Waals surface area contributed by atoms with Crippen LogP contribution in [0.4, 0.5) is 0 Å². The molecule has 0 aliphatic carbocycles. The highest BCUT2D eigenvalue weighted by atomic mass is 32.1. The van der Waals surface area contributed by atoms with Gasteiger partial charge in [-0.05, 0) is 106 Å². The lowest BCUT2D eigenvalue weighted by Gasteiger charge is -2.14. The predicted molar refractivity (Wildman–Crippen MR) is 264 cm³/mol. The molecule has 290 valence electrons. The number of fused-ring (bicyclic) bond motifs is 6. The lowest BCUT2D eigenvalue weighted by atomic mass is 9.93. The van der Waals surface area contributed by atoms with E-state index in [2.05, 4.69) is 187 Å². The summed E-state index contributed by atoms with van der Waals surface area (Å²) in [6.45, 7) is 0. The molecule has 4 aromatic heterocycles. The number of aromatic nitrogens is 3. The fourth-order valence-corrected chi connectivity index (χ4v) is 10.8. The zero-order valence-electron chi connectivity index (χ0n) is 33.4. The molecular weight excluding hydrogens is 791 g/mol. The van der Waals surface area contributed by atoms with Gasteiger partial charge in [-0.3, -0.25) is 4.98 Å². The van der Waals surface area contributed by atoms with Crippen molar-refractivity contribution in [3.8, 4) is 78.5 Å². The molecule has 8 aromatic carbocycles. The van der Waals surface area contributed by atoms with Crippen LogP contribution in [0.1, 0.15) is 0 Å². The molecule has 0 saturated heterocycles. The Hall–Kier alpha value is -7.57. The summed E-state index contributed by atoms with van der Waals surface area (Å²) >= 11 is 3.70. The van der Waals surface area contributed by atoms with Crippen molar-refractivity contribution >= 4 is 63.0 Å². The van der Waals surface area contributed by atoms with E-state index in [0.717, 1.165) is 61.6 Å². The van der Waals surface area contributed by atoms with Crippen molar-refractivity contribution in [2.45, 2.75) is 0 Å². The molecule has 0 amide bonds. The SMILES string of the molecule is c1ccc(-c2cc(-c3cc(-c4ccc5sc6ccccc6c5c4)cc(-c4ccc5sc6ccccc6c5c4)c3)nc(-c3ccc(-c4ccc(-c5ccccn5)cc4)cc3)n2)cc1. The molecule has 4 heterocycles. The lowest BCUT2D eigenvalue weighted by molar-refractivity contribution is 1.18. The summed E-state index contributed by atoms with van der Waals surface area (Å²) in [5, 5.41) is 5.15. The van der Waals surface area contributed by atoms with Crippen LogP contribution in [0.3, 0.4) is 0 Å². The highest BCUT2D eigenvalue weighted by molar-refractivity contribution is 7.26. The smallest absolute Gasteiger partial charge is 0.160 e. The van der Waals surface area contributed by atoms with Crippen molar-refractivity contribution in [3.63, 3.8) is 0 Å². The van der Waals surface area contributed by atoms with Gasteiger partial charge in [-0.2, -0.15) is 0 Å². The summed E-state index contributed by atoms with van der Waals surface area (Å²) in [6.07, 6.45) is 1.83. The largest absolute Gasteiger partial charge is 0.256 e. The molecule has 0 aliphatic rings. The number of rotatable bonds is 7. The van der Waals surface area contributed by atoms with E-state index in [-0.39, 0.29) is 0 Å². The summed E-state index contributed by atoms with van der Waals surface area (Å²) in [5.41, 5.74) is 13.8. The molecule has 0 radical (unpaired) electrons. The van der Waals surface area contributed by atoms with Gasteiger partial charge in [0.05, 0.1) is 17.1 Å². The van der Waals surface area contributed by atoms with Crippen molar-refractivity contribution in [2.75, 3.05) is 0 Å². The molecule has 62 heavy (non-hydrogen) atoms. The molecule has 0 aliphatic heterocycles. The molecule has 12 rings (SSSR count). The zero-order chi connectivity index (χ0) is 41.0. The van der Waals surface area contributed by atoms with E-state index < -0.39 is 0 Å². The summed E-state index contributed by atoms with van der Waals surface area (Å²) < 4.78 is 5.20. The van der Waals surface area contributed by atoms with Gasteiger partial charge in [-0.25, -0.2) is 9.97 Å². The first-order valence-corrected chi connectivity index (χ1v) is 22.4. The van der Waals surface area contributed by atoms with E-state index >= 15 is 0 Å². The molecule has 0 saturated carbocycles. The van der Waals surface area contributed by atoms with Gasteiger partial charge in [0.15, 0.2) is 5.82 Å². The van der Waals surface area contributed by atoms with Gasteiger partial charge in [0.1, 0.15) is 0 Å². The summed E-state index contributed by atoms with van der Waals surface area (Å²) in [7, 11) is 0. The Labute approximate surface area is 366 Å². The maximum Gasteiger partial charge on any atom is 0.160 e. The van der Waals surface area contributed by atoms with Gasteiger partial charge in [0.25, 0.3) is 0 Å². The molecule has 0 atom stereocenters. The van der Waals surface area contributed by atoms with E-state index in [1.165, 1.54) is 51.5 Å². The van der Waals surface area contributed by atoms with Gasteiger partial charge in [0, 0.05) is 68.8 Å². The van der Waals surface area contributed by atoms with Crippen molar-refractivity contribution in [2.24, 2.45) is 0 Å². The van der Waals surface area contributed by atoms with Gasteiger partial charge in [-0.1, -0.05) is 133 Å². The Kier molecular flexibility index (Phi) is 8.87. The van der Waals surface area contributed by atoms with Crippen LogP contribution in [0.5, 0.6) is 0 Å². The summed E-state index contributed by atoms with van der Waals surface area (Å²) in [5.74, 6) is 0.683. The monoisotopic (exact) mass is 825 g/mol. The van der Waals surface area contributed by atoms with Crippen molar-refractivity contribution in [3.05, 3.63) is 212 Å². The molecule has 3 nitrogen and oxygen atoms in total. The number of hydrogen-bond donors (Lipinski definition) is 0. The highest BCUT2D eigenvalue weighted by Gasteiger charge is 2.16. The fraction of sp³-hybridized carbons (Fsp3) is 0. The minimum Gasteiger partial charge on any atom is -0.256 e. The molecule has 0 unspecified atom stereocenters. The first kappa shape index (κ1) is 36.3. The van der Waals surface area contributed by atoms with E-state index in [0.29, 0.717) is 5.82 Å². The molecular formula is C57H35N3S2. The van der Waals surface area contributed by atoms with Crippen LogP contribution in [0.15, 0.2) is 212 Å². The maximum atomic E-state index is 5.37. The second kappa shape index (κ2) is 15.2. The fourth-order valence-electron chi connectivity index (χ4n) is 8.58. The van der Waals surface area contributed by atoms with Gasteiger partial charge >= 0.3 is 0 Å². The standard InChI is InChI=1S/C57H35N3S2/c1-2-10-38(11-3-1)51-35-52(60-57(59-51)40-23-19-37(20-24-40)36-17-21-39(22-18-36)50-14-8-9-29-58-50)45-31-43(41-25-27-55-48(33-41)46-12-4-6-15-53(46)61-55)30-44(32-45)42-26-28-56-49(34-42)47-13-5-7-16-54(47)62-56/h1-35H. The van der Waals surface area contributed by atoms with Crippen LogP contribution in [-0.4, -0.2) is 15.0 Å². The molecule has 12 aromatic rings. The minimum atomic E-state index is 0.683. The average molecular weight is 826 g/mol. The number of pyridine rings is 1. The Morgan fingerprint density at radius 1 is 0.258 bits per heavy atom. The number of benzene rings is 8. The Morgan fingerprint density at radius 3 is 1.29 bits per heavy atom. The number of nitrogens with zero attached hydrogens (tertiary/aromatic N) is 3. The predicted octanol–water partition coefficient (Wildman–Crippen LogP) is 16.3. The van der Waals surface area contributed by atoms with Crippen LogP contribution in [0.2, 0.25) is 0 Å². The quantitative estimate of drug-likeness (QED) is 0.161. The van der Waals surface area contributed by atoms with Crippen LogP contribution in [0.25, 0.3) is 119 Å². The van der Waals surface area contributed by atoms with Gasteiger partial charge in [0.2, 0.25) is 0 Å². The van der Waals surface area contributed by atoms with Crippen molar-refractivity contribution in [1.29, 1.82) is 0 Å². The second-order valence-electron chi connectivity index (χ2n) is 15.6. The maximum absolute atomic E-state index is 5.37. The van der Waals surface area contributed by atoms with Crippen molar-refractivity contribution in [1.82, 2.24) is 15.0 Å².